The van der Waals surface area contributed by atoms with Crippen LogP contribution in [0.2, 0.25) is 10.0 Å². The van der Waals surface area contributed by atoms with Gasteiger partial charge in [-0.2, -0.15) is 0 Å². The smallest absolute Gasteiger partial charge is 0.0541 e. The Morgan fingerprint density at radius 2 is 0.470 bits per heavy atom. The molecule has 0 atom stereocenters. The topological polar surface area (TPSA) is 28.4 Å². The van der Waals surface area contributed by atoms with E-state index in [0.29, 0.717) is 0 Å². The van der Waals surface area contributed by atoms with Crippen molar-refractivity contribution >= 4 is 145 Å². The summed E-state index contributed by atoms with van der Waals surface area (Å²) < 4.78 is 4.73. The summed E-state index contributed by atoms with van der Waals surface area (Å²) in [6.07, 6.45) is 0. The predicted octanol–water partition coefficient (Wildman–Crippen LogP) is 31.4. The Balaban J connectivity index is 0.000000145. The molecule has 2 aromatic heterocycles. The Bertz CT molecular complexity index is 6690. The molecule has 2 heterocycles. The summed E-state index contributed by atoms with van der Waals surface area (Å²) in [7, 11) is 0. The quantitative estimate of drug-likeness (QED) is 0.118. The van der Waals surface area contributed by atoms with E-state index >= 15 is 0 Å². The van der Waals surface area contributed by atoms with Crippen LogP contribution in [0.15, 0.2) is 449 Å². The largest absolute Gasteiger partial charge is 0.355 e. The molecular formula is C108H75Cl2N5. The first-order valence-electron chi connectivity index (χ1n) is 38.8. The van der Waals surface area contributed by atoms with Gasteiger partial charge >= 0.3 is 0 Å². The summed E-state index contributed by atoms with van der Waals surface area (Å²) in [5, 5.41) is 17.2. The second kappa shape index (κ2) is 31.7. The molecule has 0 amide bonds. The van der Waals surface area contributed by atoms with Gasteiger partial charge in [-0.3, -0.25) is 0 Å². The van der Waals surface area contributed by atoms with E-state index in [0.717, 1.165) is 78.0 Å². The molecule has 19 aromatic carbocycles. The first kappa shape index (κ1) is 70.9. The van der Waals surface area contributed by atoms with E-state index in [1.165, 1.54) is 109 Å². The Morgan fingerprint density at radius 3 is 0.835 bits per heavy atom. The van der Waals surface area contributed by atoms with Crippen LogP contribution in [0.4, 0.5) is 45.5 Å². The highest BCUT2D eigenvalue weighted by atomic mass is 35.5. The summed E-state index contributed by atoms with van der Waals surface area (Å²) in [5.41, 5.74) is 25.4. The van der Waals surface area contributed by atoms with Crippen molar-refractivity contribution in [2.45, 2.75) is 0 Å². The molecule has 21 aromatic rings. The monoisotopic (exact) mass is 1510 g/mol. The highest BCUT2D eigenvalue weighted by molar-refractivity contribution is 6.31. The average Bonchev–Trinajstić information content (AvgIpc) is 1.64. The van der Waals surface area contributed by atoms with Gasteiger partial charge in [0, 0.05) is 93.2 Å². The van der Waals surface area contributed by atoms with Crippen molar-refractivity contribution in [2.24, 2.45) is 0 Å². The number of halogens is 2. The molecule has 0 bridgehead atoms. The van der Waals surface area contributed by atoms with Crippen molar-refractivity contribution < 1.29 is 0 Å². The van der Waals surface area contributed by atoms with Gasteiger partial charge in [0.25, 0.3) is 0 Å². The molecule has 0 saturated heterocycles. The number of nitrogens with one attached hydrogen (secondary N) is 1. The number of anilines is 8. The van der Waals surface area contributed by atoms with Gasteiger partial charge in [-0.05, 0) is 237 Å². The number of rotatable bonds is 14. The third kappa shape index (κ3) is 14.4. The van der Waals surface area contributed by atoms with Gasteiger partial charge < -0.3 is 24.3 Å². The second-order valence-corrected chi connectivity index (χ2v) is 29.6. The Morgan fingerprint density at radius 1 is 0.200 bits per heavy atom. The molecule has 1 N–H and O–H groups in total. The van der Waals surface area contributed by atoms with Crippen LogP contribution in [0.3, 0.4) is 0 Å². The minimum Gasteiger partial charge on any atom is -0.355 e. The molecule has 5 nitrogen and oxygen atoms in total. The van der Waals surface area contributed by atoms with Crippen LogP contribution in [0.25, 0.3) is 132 Å². The van der Waals surface area contributed by atoms with Crippen molar-refractivity contribution in [3.63, 3.8) is 0 Å². The Labute approximate surface area is 678 Å². The molecule has 115 heavy (non-hydrogen) atoms. The average molecular weight is 1510 g/mol. The van der Waals surface area contributed by atoms with E-state index in [2.05, 4.69) is 431 Å². The molecule has 7 heteroatoms. The van der Waals surface area contributed by atoms with E-state index in [1.807, 2.05) is 42.5 Å². The number of aromatic nitrogens is 2. The van der Waals surface area contributed by atoms with Gasteiger partial charge in [-0.25, -0.2) is 0 Å². The second-order valence-electron chi connectivity index (χ2n) is 28.7. The third-order valence-electron chi connectivity index (χ3n) is 21.7. The van der Waals surface area contributed by atoms with Crippen LogP contribution in [-0.2, 0) is 0 Å². The highest BCUT2D eigenvalue weighted by Crippen LogP contribution is 2.45. The van der Waals surface area contributed by atoms with Crippen molar-refractivity contribution in [1.29, 1.82) is 0 Å². The zero-order chi connectivity index (χ0) is 77.0. The van der Waals surface area contributed by atoms with Gasteiger partial charge in [0.2, 0.25) is 0 Å². The maximum absolute atomic E-state index is 6.12. The first-order chi connectivity index (χ1) is 56.8. The molecule has 0 aliphatic heterocycles. The summed E-state index contributed by atoms with van der Waals surface area (Å²) in [4.78, 5) is 4.72. The summed E-state index contributed by atoms with van der Waals surface area (Å²) in [5.74, 6) is 0. The normalized spacial score (nSPS) is 11.2. The van der Waals surface area contributed by atoms with Crippen LogP contribution in [0.1, 0.15) is 0 Å². The van der Waals surface area contributed by atoms with E-state index < -0.39 is 0 Å². The van der Waals surface area contributed by atoms with Crippen molar-refractivity contribution in [2.75, 3.05) is 15.1 Å². The molecule has 21 rings (SSSR count). The fraction of sp³-hybridized carbons (Fsp3) is 0. The maximum Gasteiger partial charge on any atom is 0.0541 e. The molecule has 0 aliphatic rings. The van der Waals surface area contributed by atoms with E-state index in [-0.39, 0.29) is 0 Å². The molecule has 0 aliphatic carbocycles. The molecule has 0 radical (unpaired) electrons. The van der Waals surface area contributed by atoms with Crippen LogP contribution in [-0.4, -0.2) is 9.13 Å². The maximum atomic E-state index is 6.12. The van der Waals surface area contributed by atoms with Gasteiger partial charge in [0.1, 0.15) is 0 Å². The number of hydrogen-bond acceptors (Lipinski definition) is 3. The summed E-state index contributed by atoms with van der Waals surface area (Å²) in [6, 6.07) is 159. The fourth-order valence-corrected chi connectivity index (χ4v) is 16.4. The van der Waals surface area contributed by atoms with Crippen molar-refractivity contribution in [1.82, 2.24) is 9.13 Å². The summed E-state index contributed by atoms with van der Waals surface area (Å²) >= 11 is 12.2. The lowest BCUT2D eigenvalue weighted by Crippen LogP contribution is -2.10. The number of hydrogen-bond donors (Lipinski definition) is 1. The number of para-hydroxylation sites is 5. The summed E-state index contributed by atoms with van der Waals surface area (Å²) in [6.45, 7) is 0. The Hall–Kier alpha value is -14.5. The lowest BCUT2D eigenvalue weighted by molar-refractivity contribution is 1.18. The third-order valence-corrected chi connectivity index (χ3v) is 22.2. The zero-order valence-electron chi connectivity index (χ0n) is 62.8. The molecule has 0 unspecified atom stereocenters. The molecular weight excluding hydrogens is 1440 g/mol. The van der Waals surface area contributed by atoms with Crippen LogP contribution >= 0.6 is 23.2 Å². The van der Waals surface area contributed by atoms with Gasteiger partial charge in [-0.15, -0.1) is 0 Å². The highest BCUT2D eigenvalue weighted by Gasteiger charge is 2.21. The van der Waals surface area contributed by atoms with Gasteiger partial charge in [0.05, 0.1) is 33.4 Å². The minimum absolute atomic E-state index is 0.744. The molecule has 0 saturated carbocycles. The predicted molar refractivity (Wildman–Crippen MR) is 491 cm³/mol. The zero-order valence-corrected chi connectivity index (χ0v) is 64.3. The van der Waals surface area contributed by atoms with Crippen LogP contribution in [0, 0.1) is 0 Å². The minimum atomic E-state index is 0.744. The number of nitrogens with zero attached hydrogens (tertiary/aromatic N) is 4. The lowest BCUT2D eigenvalue weighted by atomic mass is 9.99. The fourth-order valence-electron chi connectivity index (χ4n) is 16.2. The first-order valence-corrected chi connectivity index (χ1v) is 39.6. The molecule has 0 fully saturated rings. The number of benzene rings is 19. The Kier molecular flexibility index (Phi) is 19.6. The van der Waals surface area contributed by atoms with Crippen molar-refractivity contribution in [3.05, 3.63) is 459 Å². The van der Waals surface area contributed by atoms with Crippen LogP contribution in [0.5, 0.6) is 0 Å². The molecule has 546 valence electrons. The SMILES string of the molecule is Clc1ccc(-c2ccc3c(c2)c2cc(-c4ccc(Cl)cc4)ccc2n3-c2ccccc2)cc1.c1ccc(N(c2ccc(-c3ccc4c(c3)c3cc(-c5ccc(N(c6ccccc6)c6cccc7ccccc67)cc5)ccc3n4-c3ccccc3)cc2)c2cccc3ccccc23)cc1.c1ccc(Nc2cccc3ccccc23)cc1. The van der Waals surface area contributed by atoms with E-state index in [4.69, 9.17) is 23.2 Å². The standard InChI is InChI=1S/C62H43N3.C30H19Cl2N.C16H13N/c1-4-20-50(21-5-1)63(59-28-14-18-46-16-10-12-26-55(46)59)53-36-30-44(31-37-53)48-34-40-61-57(42-48)58-43-49(35-41-62(58)65(61)52-24-8-3-9-25-52)45-32-38-54(39-33-45)64(51-22-6-2-7-23-51)60-29-15-19-47-17-11-13-27-56(47)60;31-24-12-6-20(7-13-24)22-10-16-29-27(18-22)28-19-23(21-8-14-25(32)15-9-21)11-17-30(28)33(29)26-4-2-1-3-5-26;1-2-9-14(10-3-1)17-16-12-6-8-13-7-4-5-11-15(13)16/h1-43H;1-19H;1-12,17H. The lowest BCUT2D eigenvalue weighted by Gasteiger charge is -2.27. The molecule has 0 spiro atoms. The number of fused-ring (bicyclic) bond motifs is 9. The van der Waals surface area contributed by atoms with Crippen molar-refractivity contribution in [3.8, 4) is 55.9 Å². The van der Waals surface area contributed by atoms with Gasteiger partial charge in [0.15, 0.2) is 0 Å². The van der Waals surface area contributed by atoms with E-state index in [1.54, 1.807) is 0 Å². The van der Waals surface area contributed by atoms with Crippen LogP contribution < -0.4 is 15.1 Å². The van der Waals surface area contributed by atoms with Gasteiger partial charge in [-0.1, -0.05) is 296 Å². The van der Waals surface area contributed by atoms with E-state index in [9.17, 15) is 0 Å².